The Balaban J connectivity index is 2.12. The zero-order valence-electron chi connectivity index (χ0n) is 11.2. The first kappa shape index (κ1) is 14.2. The van der Waals surface area contributed by atoms with Crippen molar-refractivity contribution in [2.75, 3.05) is 11.9 Å². The SMILES string of the molecule is CC(C)N1CCC(Nc2cc(CO)ccc2Cl)C1=O. The van der Waals surface area contributed by atoms with Gasteiger partial charge in [0.15, 0.2) is 0 Å². The van der Waals surface area contributed by atoms with E-state index in [-0.39, 0.29) is 24.6 Å². The molecule has 1 heterocycles. The molecule has 1 aromatic carbocycles. The van der Waals surface area contributed by atoms with E-state index in [0.29, 0.717) is 10.7 Å². The van der Waals surface area contributed by atoms with Crippen LogP contribution in [0.4, 0.5) is 5.69 Å². The number of anilines is 1. The van der Waals surface area contributed by atoms with E-state index < -0.39 is 0 Å². The molecule has 0 spiro atoms. The minimum atomic E-state index is -0.228. The normalized spacial score (nSPS) is 19.3. The maximum absolute atomic E-state index is 12.2. The Bertz CT molecular complexity index is 477. The molecule has 1 aliphatic rings. The van der Waals surface area contributed by atoms with E-state index in [2.05, 4.69) is 5.32 Å². The second kappa shape index (κ2) is 5.80. The molecule has 4 nitrogen and oxygen atoms in total. The molecule has 1 aromatic rings. The Labute approximate surface area is 118 Å². The summed E-state index contributed by atoms with van der Waals surface area (Å²) in [5, 5.41) is 12.9. The van der Waals surface area contributed by atoms with Gasteiger partial charge < -0.3 is 15.3 Å². The molecule has 104 valence electrons. The maximum atomic E-state index is 12.2. The molecule has 1 aliphatic heterocycles. The number of carbonyl (C=O) groups excluding carboxylic acids is 1. The van der Waals surface area contributed by atoms with Crippen LogP contribution in [0.3, 0.4) is 0 Å². The largest absolute Gasteiger partial charge is 0.392 e. The highest BCUT2D eigenvalue weighted by Gasteiger charge is 2.33. The molecule has 1 unspecified atom stereocenters. The highest BCUT2D eigenvalue weighted by atomic mass is 35.5. The monoisotopic (exact) mass is 282 g/mol. The molecule has 0 bridgehead atoms. The van der Waals surface area contributed by atoms with Crippen molar-refractivity contribution < 1.29 is 9.90 Å². The zero-order chi connectivity index (χ0) is 14.0. The van der Waals surface area contributed by atoms with Crippen LogP contribution in [0.1, 0.15) is 25.8 Å². The van der Waals surface area contributed by atoms with Crippen LogP contribution in [0, 0.1) is 0 Å². The number of hydrogen-bond donors (Lipinski definition) is 2. The van der Waals surface area contributed by atoms with E-state index in [0.717, 1.165) is 18.5 Å². The van der Waals surface area contributed by atoms with Crippen molar-refractivity contribution in [3.8, 4) is 0 Å². The van der Waals surface area contributed by atoms with Crippen molar-refractivity contribution in [2.45, 2.75) is 39.0 Å². The highest BCUT2D eigenvalue weighted by Crippen LogP contribution is 2.26. The number of aliphatic hydroxyl groups is 1. The lowest BCUT2D eigenvalue weighted by Gasteiger charge is -2.21. The Morgan fingerprint density at radius 3 is 2.84 bits per heavy atom. The molecule has 0 radical (unpaired) electrons. The van der Waals surface area contributed by atoms with Gasteiger partial charge in [0.1, 0.15) is 6.04 Å². The minimum Gasteiger partial charge on any atom is -0.392 e. The molecule has 1 amide bonds. The summed E-state index contributed by atoms with van der Waals surface area (Å²) in [7, 11) is 0. The van der Waals surface area contributed by atoms with Gasteiger partial charge in [0.05, 0.1) is 17.3 Å². The molecule has 2 N–H and O–H groups in total. The number of rotatable bonds is 4. The molecule has 0 aliphatic carbocycles. The molecular formula is C14H19ClN2O2. The van der Waals surface area contributed by atoms with Crippen LogP contribution in [0.15, 0.2) is 18.2 Å². The topological polar surface area (TPSA) is 52.6 Å². The van der Waals surface area contributed by atoms with Gasteiger partial charge in [0.25, 0.3) is 0 Å². The Morgan fingerprint density at radius 1 is 1.53 bits per heavy atom. The number of hydrogen-bond acceptors (Lipinski definition) is 3. The van der Waals surface area contributed by atoms with E-state index in [1.807, 2.05) is 18.7 Å². The first-order valence-electron chi connectivity index (χ1n) is 6.49. The Hall–Kier alpha value is -1.26. The van der Waals surface area contributed by atoms with E-state index >= 15 is 0 Å². The Kier molecular flexibility index (Phi) is 4.32. The molecule has 19 heavy (non-hydrogen) atoms. The maximum Gasteiger partial charge on any atom is 0.245 e. The van der Waals surface area contributed by atoms with Gasteiger partial charge in [-0.2, -0.15) is 0 Å². The summed E-state index contributed by atoms with van der Waals surface area (Å²) in [6.07, 6.45) is 0.774. The summed E-state index contributed by atoms with van der Waals surface area (Å²) in [4.78, 5) is 14.1. The van der Waals surface area contributed by atoms with Crippen LogP contribution in [-0.4, -0.2) is 34.5 Å². The highest BCUT2D eigenvalue weighted by molar-refractivity contribution is 6.33. The average Bonchev–Trinajstić information content (AvgIpc) is 2.74. The first-order chi connectivity index (χ1) is 9.02. The smallest absolute Gasteiger partial charge is 0.245 e. The summed E-state index contributed by atoms with van der Waals surface area (Å²) >= 11 is 6.11. The first-order valence-corrected chi connectivity index (χ1v) is 6.87. The van der Waals surface area contributed by atoms with Gasteiger partial charge >= 0.3 is 0 Å². The van der Waals surface area contributed by atoms with Crippen LogP contribution in [-0.2, 0) is 11.4 Å². The molecule has 0 saturated carbocycles. The third-order valence-corrected chi connectivity index (χ3v) is 3.74. The second-order valence-electron chi connectivity index (χ2n) is 5.08. The fourth-order valence-electron chi connectivity index (χ4n) is 2.32. The molecule has 5 heteroatoms. The van der Waals surface area contributed by atoms with Crippen LogP contribution in [0.25, 0.3) is 0 Å². The summed E-state index contributed by atoms with van der Waals surface area (Å²) in [5.74, 6) is 0.112. The number of nitrogens with one attached hydrogen (secondary N) is 1. The van der Waals surface area contributed by atoms with Crippen molar-refractivity contribution in [3.05, 3.63) is 28.8 Å². The third kappa shape index (κ3) is 3.01. The summed E-state index contributed by atoms with van der Waals surface area (Å²) in [6, 6.07) is 5.28. The van der Waals surface area contributed by atoms with Gasteiger partial charge in [-0.15, -0.1) is 0 Å². The number of likely N-dealkylation sites (tertiary alicyclic amines) is 1. The molecule has 1 fully saturated rings. The lowest BCUT2D eigenvalue weighted by Crippen LogP contribution is -2.37. The summed E-state index contributed by atoms with van der Waals surface area (Å²) in [6.45, 7) is 4.76. The number of carbonyl (C=O) groups is 1. The van der Waals surface area contributed by atoms with Crippen molar-refractivity contribution in [1.82, 2.24) is 4.90 Å². The molecule has 1 atom stereocenters. The third-order valence-electron chi connectivity index (χ3n) is 3.41. The van der Waals surface area contributed by atoms with Crippen LogP contribution in [0.2, 0.25) is 5.02 Å². The van der Waals surface area contributed by atoms with Crippen molar-refractivity contribution in [1.29, 1.82) is 0 Å². The van der Waals surface area contributed by atoms with Crippen molar-refractivity contribution in [3.63, 3.8) is 0 Å². The van der Waals surface area contributed by atoms with E-state index in [9.17, 15) is 4.79 Å². The van der Waals surface area contributed by atoms with Gasteiger partial charge in [-0.25, -0.2) is 0 Å². The standard InChI is InChI=1S/C14H19ClN2O2/c1-9(2)17-6-5-12(14(17)19)16-13-7-10(8-18)3-4-11(13)15/h3-4,7,9,12,16,18H,5-6,8H2,1-2H3. The lowest BCUT2D eigenvalue weighted by atomic mass is 10.2. The molecule has 2 rings (SSSR count). The number of aliphatic hydroxyl groups excluding tert-OH is 1. The zero-order valence-corrected chi connectivity index (χ0v) is 11.9. The molecule has 1 saturated heterocycles. The van der Waals surface area contributed by atoms with Gasteiger partial charge in [0, 0.05) is 12.6 Å². The van der Waals surface area contributed by atoms with Gasteiger partial charge in [0.2, 0.25) is 5.91 Å². The lowest BCUT2D eigenvalue weighted by molar-refractivity contribution is -0.129. The van der Waals surface area contributed by atoms with E-state index in [1.54, 1.807) is 18.2 Å². The second-order valence-corrected chi connectivity index (χ2v) is 5.49. The van der Waals surface area contributed by atoms with Crippen LogP contribution >= 0.6 is 11.6 Å². The average molecular weight is 283 g/mol. The van der Waals surface area contributed by atoms with E-state index in [4.69, 9.17) is 16.7 Å². The quantitative estimate of drug-likeness (QED) is 0.891. The fraction of sp³-hybridized carbons (Fsp3) is 0.500. The van der Waals surface area contributed by atoms with Crippen molar-refractivity contribution >= 4 is 23.2 Å². The molecular weight excluding hydrogens is 264 g/mol. The Morgan fingerprint density at radius 2 is 2.26 bits per heavy atom. The number of benzene rings is 1. The number of nitrogens with zero attached hydrogens (tertiary/aromatic N) is 1. The van der Waals surface area contributed by atoms with Crippen molar-refractivity contribution in [2.24, 2.45) is 0 Å². The van der Waals surface area contributed by atoms with E-state index in [1.165, 1.54) is 0 Å². The van der Waals surface area contributed by atoms with Gasteiger partial charge in [-0.1, -0.05) is 17.7 Å². The van der Waals surface area contributed by atoms with Crippen LogP contribution in [0.5, 0.6) is 0 Å². The summed E-state index contributed by atoms with van der Waals surface area (Å²) < 4.78 is 0. The fourth-order valence-corrected chi connectivity index (χ4v) is 2.49. The van der Waals surface area contributed by atoms with Crippen LogP contribution < -0.4 is 5.32 Å². The predicted octanol–water partition coefficient (Wildman–Crippen LogP) is 2.25. The molecule has 0 aromatic heterocycles. The predicted molar refractivity (Wildman–Crippen MR) is 76.3 cm³/mol. The van der Waals surface area contributed by atoms with Gasteiger partial charge in [-0.3, -0.25) is 4.79 Å². The minimum absolute atomic E-state index is 0.0391. The number of amides is 1. The number of halogens is 1. The van der Waals surface area contributed by atoms with Gasteiger partial charge in [-0.05, 0) is 38.0 Å². The summed E-state index contributed by atoms with van der Waals surface area (Å²) in [5.41, 5.74) is 1.48.